The van der Waals surface area contributed by atoms with Gasteiger partial charge in [-0.1, -0.05) is 94.0 Å². The molecule has 0 saturated heterocycles. The van der Waals surface area contributed by atoms with Crippen LogP contribution in [0, 0.1) is 6.92 Å². The number of unbranched alkanes of at least 4 members (excludes halogenated alkanes) is 9. The highest BCUT2D eigenvalue weighted by Gasteiger charge is 2.21. The summed E-state index contributed by atoms with van der Waals surface area (Å²) in [6.45, 7) is 4.61. The molecule has 0 aliphatic heterocycles. The van der Waals surface area contributed by atoms with Crippen molar-refractivity contribution in [3.05, 3.63) is 83.9 Å². The third-order valence-corrected chi connectivity index (χ3v) is 11.0. The highest BCUT2D eigenvalue weighted by Crippen LogP contribution is 2.45. The van der Waals surface area contributed by atoms with Crippen LogP contribution < -0.4 is 14.8 Å². The Labute approximate surface area is 342 Å². The SMILES string of the molecule is CCCCCCCCCCCCNC(=O)c1cc(OCCOc2ccc(N=Nc3c(SOOO)cc4cc(S(=O)(=O)O)cc(C)c4c3O)cc2)c2ccccc2c1O. The summed E-state index contributed by atoms with van der Waals surface area (Å²) in [5.74, 6) is 0.146. The van der Waals surface area contributed by atoms with Gasteiger partial charge in [0.15, 0.2) is 5.75 Å². The normalized spacial score (nSPS) is 11.8. The number of hydrogen-bond acceptors (Lipinski definition) is 13. The van der Waals surface area contributed by atoms with Crippen molar-refractivity contribution in [3.8, 4) is 23.0 Å². The van der Waals surface area contributed by atoms with Gasteiger partial charge in [0, 0.05) is 22.7 Å². The first-order chi connectivity index (χ1) is 28.0. The second kappa shape index (κ2) is 21.7. The number of nitrogens with one attached hydrogen (secondary N) is 1. The zero-order chi connectivity index (χ0) is 41.5. The van der Waals surface area contributed by atoms with E-state index in [2.05, 4.69) is 31.8 Å². The summed E-state index contributed by atoms with van der Waals surface area (Å²) in [6.07, 6.45) is 12.0. The molecule has 0 atom stereocenters. The van der Waals surface area contributed by atoms with Crippen LogP contribution in [-0.2, 0) is 19.5 Å². The molecule has 0 aliphatic rings. The van der Waals surface area contributed by atoms with Gasteiger partial charge in [-0.05, 0) is 72.8 Å². The summed E-state index contributed by atoms with van der Waals surface area (Å²) in [7, 11) is -4.53. The minimum atomic E-state index is -4.53. The molecular weight excluding hydrogens is 787 g/mol. The van der Waals surface area contributed by atoms with Crippen LogP contribution in [0.15, 0.2) is 92.8 Å². The lowest BCUT2D eigenvalue weighted by molar-refractivity contribution is -0.432. The Hall–Kier alpha value is -4.97. The molecule has 0 fully saturated rings. The lowest BCUT2D eigenvalue weighted by atomic mass is 10.0. The average Bonchev–Trinajstić information content (AvgIpc) is 3.21. The molecule has 58 heavy (non-hydrogen) atoms. The number of aryl methyl sites for hydroxylation is 1. The van der Waals surface area contributed by atoms with E-state index in [9.17, 15) is 28.0 Å². The van der Waals surface area contributed by atoms with Gasteiger partial charge >= 0.3 is 0 Å². The van der Waals surface area contributed by atoms with Gasteiger partial charge in [0.05, 0.1) is 33.1 Å². The third kappa shape index (κ3) is 12.0. The van der Waals surface area contributed by atoms with Crippen LogP contribution >= 0.6 is 12.0 Å². The Morgan fingerprint density at radius 1 is 0.793 bits per heavy atom. The largest absolute Gasteiger partial charge is 0.506 e. The smallest absolute Gasteiger partial charge is 0.294 e. The Morgan fingerprint density at radius 2 is 1.45 bits per heavy atom. The average molecular weight is 836 g/mol. The number of fused-ring (bicyclic) bond motifs is 2. The van der Waals surface area contributed by atoms with Crippen molar-refractivity contribution in [1.82, 2.24) is 5.32 Å². The maximum absolute atomic E-state index is 13.1. The summed E-state index contributed by atoms with van der Waals surface area (Å²) in [5, 5.41) is 47.6. The first-order valence-corrected chi connectivity index (χ1v) is 21.4. The lowest BCUT2D eigenvalue weighted by Crippen LogP contribution is -2.24. The molecule has 1 amide bonds. The van der Waals surface area contributed by atoms with Gasteiger partial charge in [-0.3, -0.25) is 9.35 Å². The minimum absolute atomic E-state index is 0.0498. The zero-order valence-corrected chi connectivity index (χ0v) is 34.1. The number of phenols is 2. The van der Waals surface area contributed by atoms with E-state index in [1.165, 1.54) is 63.1 Å². The van der Waals surface area contributed by atoms with Gasteiger partial charge < -0.3 is 25.0 Å². The van der Waals surface area contributed by atoms with Crippen molar-refractivity contribution in [1.29, 1.82) is 0 Å². The molecule has 0 aliphatic carbocycles. The fourth-order valence-corrected chi connectivity index (χ4v) is 7.68. The number of hydrogen-bond donors (Lipinski definition) is 5. The molecule has 0 spiro atoms. The van der Waals surface area contributed by atoms with Crippen molar-refractivity contribution < 1.29 is 52.1 Å². The van der Waals surface area contributed by atoms with Crippen molar-refractivity contribution in [2.24, 2.45) is 10.2 Å². The van der Waals surface area contributed by atoms with Crippen molar-refractivity contribution in [2.45, 2.75) is 87.8 Å². The van der Waals surface area contributed by atoms with Crippen LogP contribution in [0.4, 0.5) is 11.4 Å². The Morgan fingerprint density at radius 3 is 2.12 bits per heavy atom. The van der Waals surface area contributed by atoms with Gasteiger partial charge in [0.25, 0.3) is 16.0 Å². The number of azo groups is 1. The number of nitrogens with zero attached hydrogens (tertiary/aromatic N) is 2. The van der Waals surface area contributed by atoms with Crippen LogP contribution in [0.2, 0.25) is 0 Å². The van der Waals surface area contributed by atoms with E-state index < -0.39 is 10.1 Å². The second-order valence-electron chi connectivity index (χ2n) is 13.8. The van der Waals surface area contributed by atoms with Crippen LogP contribution in [0.25, 0.3) is 21.5 Å². The van der Waals surface area contributed by atoms with Crippen LogP contribution in [-0.4, -0.2) is 54.1 Å². The van der Waals surface area contributed by atoms with E-state index in [1.54, 1.807) is 49.4 Å². The van der Waals surface area contributed by atoms with Gasteiger partial charge in [0.1, 0.15) is 36.1 Å². The molecule has 0 radical (unpaired) electrons. The van der Waals surface area contributed by atoms with E-state index >= 15 is 0 Å². The summed E-state index contributed by atoms with van der Waals surface area (Å²) >= 11 is 0.492. The summed E-state index contributed by atoms with van der Waals surface area (Å²) in [6, 6.07) is 19.2. The van der Waals surface area contributed by atoms with Crippen LogP contribution in [0.3, 0.4) is 0 Å². The predicted octanol–water partition coefficient (Wildman–Crippen LogP) is 10.9. The first kappa shape index (κ1) is 44.1. The highest BCUT2D eigenvalue weighted by molar-refractivity contribution is 7.94. The fraction of sp³-hybridized carbons (Fsp3) is 0.357. The minimum Gasteiger partial charge on any atom is -0.506 e. The Bertz CT molecular complexity index is 2300. The maximum Gasteiger partial charge on any atom is 0.294 e. The molecule has 5 aromatic rings. The number of amides is 1. The summed E-state index contributed by atoms with van der Waals surface area (Å²) < 4.78 is 49.6. The van der Waals surface area contributed by atoms with E-state index in [1.807, 2.05) is 12.1 Å². The van der Waals surface area contributed by atoms with E-state index in [0.717, 1.165) is 19.3 Å². The van der Waals surface area contributed by atoms with E-state index in [0.29, 0.717) is 52.1 Å². The number of ether oxygens (including phenoxy) is 2. The Balaban J connectivity index is 1.17. The maximum atomic E-state index is 13.1. The van der Waals surface area contributed by atoms with Crippen LogP contribution in [0.1, 0.15) is 87.1 Å². The lowest BCUT2D eigenvalue weighted by Gasteiger charge is -2.15. The van der Waals surface area contributed by atoms with Gasteiger partial charge in [-0.25, -0.2) is 5.26 Å². The number of carbonyl (C=O) groups excluding carboxylic acids is 1. The molecule has 0 bridgehead atoms. The van der Waals surface area contributed by atoms with Crippen molar-refractivity contribution in [2.75, 3.05) is 19.8 Å². The monoisotopic (exact) mass is 835 g/mol. The standard InChI is InChI=1S/C42H49N3O11S2/c1-3-4-5-6-7-8-9-10-11-14-21-43-42(48)35-27-36(33-15-12-13-16-34(33)40(35)46)54-23-22-53-31-19-17-30(18-20-31)44-45-39-37(57-56-55-49)26-29-25-32(58(50,51)52)24-28(2)38(29)41(39)47/h12-13,15-20,24-27,46-47,49H,3-11,14,21-23H2,1-2H3,(H,43,48)(H,50,51,52). The van der Waals surface area contributed by atoms with Gasteiger partial charge in [0.2, 0.25) is 0 Å². The molecule has 0 saturated carbocycles. The van der Waals surface area contributed by atoms with E-state index in [4.69, 9.17) is 14.7 Å². The molecule has 310 valence electrons. The number of rotatable bonds is 23. The molecule has 5 N–H and O–H groups in total. The number of benzene rings is 5. The quantitative estimate of drug-likeness (QED) is 0.0104. The fourth-order valence-electron chi connectivity index (χ4n) is 6.58. The second-order valence-corrected chi connectivity index (χ2v) is 15.9. The molecule has 0 aromatic heterocycles. The first-order valence-electron chi connectivity index (χ1n) is 19.2. The van der Waals surface area contributed by atoms with Gasteiger partial charge in [-0.2, -0.15) is 13.5 Å². The number of carbonyl (C=O) groups is 1. The third-order valence-electron chi connectivity index (χ3n) is 9.52. The topological polar surface area (TPSA) is 206 Å². The molecule has 5 rings (SSSR count). The number of phenolic OH excluding ortho intramolecular Hbond substituents is 2. The zero-order valence-electron chi connectivity index (χ0n) is 32.5. The van der Waals surface area contributed by atoms with Crippen LogP contribution in [0.5, 0.6) is 23.0 Å². The summed E-state index contributed by atoms with van der Waals surface area (Å²) in [5.41, 5.74) is 0.835. The number of aromatic hydroxyl groups is 2. The molecule has 5 aromatic carbocycles. The molecule has 0 heterocycles. The van der Waals surface area contributed by atoms with E-state index in [-0.39, 0.29) is 62.4 Å². The van der Waals surface area contributed by atoms with Gasteiger partial charge in [-0.15, -0.1) is 9.45 Å². The molecule has 16 heteroatoms. The molecular formula is C42H49N3O11S2. The molecule has 14 nitrogen and oxygen atoms in total. The van der Waals surface area contributed by atoms with Crippen molar-refractivity contribution >= 4 is 61.0 Å². The highest BCUT2D eigenvalue weighted by atomic mass is 32.2. The predicted molar refractivity (Wildman–Crippen MR) is 222 cm³/mol. The Kier molecular flexibility index (Phi) is 16.5. The van der Waals surface area contributed by atoms with Crippen molar-refractivity contribution in [3.63, 3.8) is 0 Å². The molecule has 0 unspecified atom stereocenters. The summed E-state index contributed by atoms with van der Waals surface area (Å²) in [4.78, 5) is 12.9.